The Morgan fingerprint density at radius 1 is 1.18 bits per heavy atom. The third kappa shape index (κ3) is 2.20. The molecule has 0 amide bonds. The van der Waals surface area contributed by atoms with Crippen LogP contribution < -0.4 is 10.5 Å². The van der Waals surface area contributed by atoms with Crippen molar-refractivity contribution in [2.75, 3.05) is 12.8 Å². The zero-order valence-electron chi connectivity index (χ0n) is 9.70. The van der Waals surface area contributed by atoms with Crippen LogP contribution in [0.25, 0.3) is 11.1 Å². The third-order valence-electron chi connectivity index (χ3n) is 2.57. The molecular weight excluding hydrogens is 219 g/mol. The SMILES string of the molecule is COc1ccc(-c2ccc(N)nc2C)c(F)c1. The number of methoxy groups -OCH3 is 1. The maximum absolute atomic E-state index is 13.9. The van der Waals surface area contributed by atoms with Gasteiger partial charge in [-0.05, 0) is 31.2 Å². The molecule has 0 unspecified atom stereocenters. The molecule has 3 nitrogen and oxygen atoms in total. The van der Waals surface area contributed by atoms with Crippen molar-refractivity contribution in [2.45, 2.75) is 6.92 Å². The minimum absolute atomic E-state index is 0.334. The highest BCUT2D eigenvalue weighted by atomic mass is 19.1. The van der Waals surface area contributed by atoms with E-state index in [0.717, 1.165) is 5.56 Å². The van der Waals surface area contributed by atoms with Crippen molar-refractivity contribution < 1.29 is 9.13 Å². The Bertz CT molecular complexity index is 555. The van der Waals surface area contributed by atoms with Crippen LogP contribution in [0.5, 0.6) is 5.75 Å². The van der Waals surface area contributed by atoms with E-state index in [9.17, 15) is 4.39 Å². The molecule has 0 atom stereocenters. The van der Waals surface area contributed by atoms with Crippen LogP contribution >= 0.6 is 0 Å². The van der Waals surface area contributed by atoms with Gasteiger partial charge in [-0.1, -0.05) is 0 Å². The molecule has 2 N–H and O–H groups in total. The Hall–Kier alpha value is -2.10. The number of hydrogen-bond donors (Lipinski definition) is 1. The van der Waals surface area contributed by atoms with Crippen molar-refractivity contribution in [1.29, 1.82) is 0 Å². The van der Waals surface area contributed by atoms with Gasteiger partial charge in [-0.25, -0.2) is 9.37 Å². The summed E-state index contributed by atoms with van der Waals surface area (Å²) in [4.78, 5) is 4.11. The lowest BCUT2D eigenvalue weighted by atomic mass is 10.0. The van der Waals surface area contributed by atoms with Gasteiger partial charge in [-0.2, -0.15) is 0 Å². The third-order valence-corrected chi connectivity index (χ3v) is 2.57. The van der Waals surface area contributed by atoms with Crippen LogP contribution in [0.1, 0.15) is 5.69 Å². The molecule has 1 aromatic heterocycles. The maximum Gasteiger partial charge on any atom is 0.134 e. The highest BCUT2D eigenvalue weighted by Gasteiger charge is 2.09. The number of rotatable bonds is 2. The van der Waals surface area contributed by atoms with E-state index in [0.29, 0.717) is 22.8 Å². The largest absolute Gasteiger partial charge is 0.497 e. The van der Waals surface area contributed by atoms with Crippen LogP contribution in [0.2, 0.25) is 0 Å². The average Bonchev–Trinajstić information content (AvgIpc) is 2.30. The first kappa shape index (κ1) is 11.4. The Kier molecular flexibility index (Phi) is 2.95. The molecule has 1 heterocycles. The Balaban J connectivity index is 2.53. The molecule has 0 saturated heterocycles. The molecule has 0 fully saturated rings. The van der Waals surface area contributed by atoms with Crippen LogP contribution in [0.15, 0.2) is 30.3 Å². The van der Waals surface area contributed by atoms with Gasteiger partial charge in [0, 0.05) is 22.9 Å². The van der Waals surface area contributed by atoms with E-state index >= 15 is 0 Å². The predicted octanol–water partition coefficient (Wildman–Crippen LogP) is 2.79. The molecule has 0 aliphatic heterocycles. The summed E-state index contributed by atoms with van der Waals surface area (Å²) in [7, 11) is 1.50. The van der Waals surface area contributed by atoms with Crippen LogP contribution in [0.4, 0.5) is 10.2 Å². The van der Waals surface area contributed by atoms with Crippen LogP contribution in [0, 0.1) is 12.7 Å². The molecule has 0 bridgehead atoms. The predicted molar refractivity (Wildman–Crippen MR) is 65.3 cm³/mol. The fraction of sp³-hybridized carbons (Fsp3) is 0.154. The highest BCUT2D eigenvalue weighted by molar-refractivity contribution is 5.68. The minimum atomic E-state index is -0.334. The molecule has 2 rings (SSSR count). The summed E-state index contributed by atoms with van der Waals surface area (Å²) < 4.78 is 18.8. The minimum Gasteiger partial charge on any atom is -0.497 e. The van der Waals surface area contributed by atoms with Crippen LogP contribution in [-0.4, -0.2) is 12.1 Å². The number of anilines is 1. The summed E-state index contributed by atoms with van der Waals surface area (Å²) in [5.74, 6) is 0.589. The molecule has 0 saturated carbocycles. The quantitative estimate of drug-likeness (QED) is 0.866. The summed E-state index contributed by atoms with van der Waals surface area (Å²) in [6.45, 7) is 1.80. The summed E-state index contributed by atoms with van der Waals surface area (Å²) in [6, 6.07) is 8.17. The number of nitrogen functional groups attached to an aromatic ring is 1. The van der Waals surface area contributed by atoms with E-state index in [1.54, 1.807) is 31.2 Å². The maximum atomic E-state index is 13.9. The summed E-state index contributed by atoms with van der Waals surface area (Å²) in [5, 5.41) is 0. The number of ether oxygens (including phenoxy) is 1. The summed E-state index contributed by atoms with van der Waals surface area (Å²) in [5.41, 5.74) is 7.50. The van der Waals surface area contributed by atoms with E-state index in [1.165, 1.54) is 13.2 Å². The smallest absolute Gasteiger partial charge is 0.134 e. The van der Waals surface area contributed by atoms with Crippen molar-refractivity contribution in [2.24, 2.45) is 0 Å². The van der Waals surface area contributed by atoms with Crippen molar-refractivity contribution in [3.63, 3.8) is 0 Å². The van der Waals surface area contributed by atoms with E-state index in [4.69, 9.17) is 10.5 Å². The van der Waals surface area contributed by atoms with Gasteiger partial charge in [-0.3, -0.25) is 0 Å². The average molecular weight is 232 g/mol. The number of hydrogen-bond acceptors (Lipinski definition) is 3. The standard InChI is InChI=1S/C13H13FN2O/c1-8-10(5-6-13(15)16-8)11-4-3-9(17-2)7-12(11)14/h3-7H,1-2H3,(H2,15,16). The number of aryl methyl sites for hydroxylation is 1. The zero-order valence-corrected chi connectivity index (χ0v) is 9.70. The number of nitrogens with two attached hydrogens (primary N) is 1. The number of halogens is 1. The molecule has 0 spiro atoms. The van der Waals surface area contributed by atoms with Crippen molar-refractivity contribution in [3.8, 4) is 16.9 Å². The first-order valence-corrected chi connectivity index (χ1v) is 5.19. The van der Waals surface area contributed by atoms with E-state index in [-0.39, 0.29) is 5.82 Å². The van der Waals surface area contributed by atoms with E-state index in [2.05, 4.69) is 4.98 Å². The lowest BCUT2D eigenvalue weighted by Crippen LogP contribution is -1.96. The second-order valence-corrected chi connectivity index (χ2v) is 3.71. The van der Waals surface area contributed by atoms with Gasteiger partial charge in [-0.15, -0.1) is 0 Å². The molecular formula is C13H13FN2O. The van der Waals surface area contributed by atoms with Gasteiger partial charge in [0.1, 0.15) is 17.4 Å². The fourth-order valence-electron chi connectivity index (χ4n) is 1.71. The highest BCUT2D eigenvalue weighted by Crippen LogP contribution is 2.28. The first-order chi connectivity index (χ1) is 8.11. The van der Waals surface area contributed by atoms with Crippen LogP contribution in [-0.2, 0) is 0 Å². The molecule has 4 heteroatoms. The first-order valence-electron chi connectivity index (χ1n) is 5.19. The summed E-state index contributed by atoms with van der Waals surface area (Å²) in [6.07, 6.45) is 0. The zero-order chi connectivity index (χ0) is 12.4. The van der Waals surface area contributed by atoms with Gasteiger partial charge in [0.15, 0.2) is 0 Å². The van der Waals surface area contributed by atoms with Crippen molar-refractivity contribution in [1.82, 2.24) is 4.98 Å². The van der Waals surface area contributed by atoms with Gasteiger partial charge in [0.05, 0.1) is 7.11 Å². The van der Waals surface area contributed by atoms with Crippen molar-refractivity contribution >= 4 is 5.82 Å². The van der Waals surface area contributed by atoms with E-state index < -0.39 is 0 Å². The van der Waals surface area contributed by atoms with E-state index in [1.807, 2.05) is 0 Å². The molecule has 0 aliphatic rings. The number of benzene rings is 1. The second kappa shape index (κ2) is 4.41. The van der Waals surface area contributed by atoms with Crippen molar-refractivity contribution in [3.05, 3.63) is 41.8 Å². The van der Waals surface area contributed by atoms with Gasteiger partial charge < -0.3 is 10.5 Å². The molecule has 0 aliphatic carbocycles. The summed E-state index contributed by atoms with van der Waals surface area (Å²) >= 11 is 0. The Morgan fingerprint density at radius 2 is 1.88 bits per heavy atom. The topological polar surface area (TPSA) is 48.1 Å². The number of aromatic nitrogens is 1. The van der Waals surface area contributed by atoms with Gasteiger partial charge in [0.2, 0.25) is 0 Å². The monoisotopic (exact) mass is 232 g/mol. The fourth-order valence-corrected chi connectivity index (χ4v) is 1.71. The Morgan fingerprint density at radius 3 is 2.47 bits per heavy atom. The van der Waals surface area contributed by atoms with Crippen LogP contribution in [0.3, 0.4) is 0 Å². The molecule has 1 aromatic carbocycles. The van der Waals surface area contributed by atoms with Gasteiger partial charge in [0.25, 0.3) is 0 Å². The number of nitrogens with zero attached hydrogens (tertiary/aromatic N) is 1. The normalized spacial score (nSPS) is 10.3. The molecule has 17 heavy (non-hydrogen) atoms. The number of pyridine rings is 1. The molecule has 0 radical (unpaired) electrons. The molecule has 2 aromatic rings. The second-order valence-electron chi connectivity index (χ2n) is 3.71. The van der Waals surface area contributed by atoms with Gasteiger partial charge >= 0.3 is 0 Å². The molecule has 88 valence electrons. The lowest BCUT2D eigenvalue weighted by molar-refractivity contribution is 0.411. The lowest BCUT2D eigenvalue weighted by Gasteiger charge is -2.08. The Labute approximate surface area is 99.1 Å².